The summed E-state index contributed by atoms with van der Waals surface area (Å²) in [5.41, 5.74) is 1.47. The lowest BCUT2D eigenvalue weighted by Crippen LogP contribution is -2.04. The number of aryl methyl sites for hydroxylation is 2. The summed E-state index contributed by atoms with van der Waals surface area (Å²) in [5.74, 6) is 0.203. The van der Waals surface area contributed by atoms with Gasteiger partial charge in [-0.15, -0.1) is 0 Å². The zero-order chi connectivity index (χ0) is 16.0. The van der Waals surface area contributed by atoms with Crippen LogP contribution in [0.3, 0.4) is 0 Å². The average Bonchev–Trinajstić information content (AvgIpc) is 2.33. The van der Waals surface area contributed by atoms with Gasteiger partial charge in [-0.05, 0) is 44.2 Å². The third-order valence-corrected chi connectivity index (χ3v) is 4.11. The number of halogens is 1. The van der Waals surface area contributed by atoms with Gasteiger partial charge in [0.1, 0.15) is 0 Å². The van der Waals surface area contributed by atoms with Gasteiger partial charge in [0.15, 0.2) is 5.75 Å². The number of benzene rings is 1. The van der Waals surface area contributed by atoms with E-state index in [0.717, 1.165) is 5.56 Å². The maximum atomic E-state index is 11.0. The van der Waals surface area contributed by atoms with Crippen molar-refractivity contribution in [1.29, 1.82) is 0 Å². The number of hydrogen-bond acceptors (Lipinski definition) is 5. The van der Waals surface area contributed by atoms with E-state index in [-0.39, 0.29) is 17.2 Å². The molecule has 1 aromatic carbocycles. The van der Waals surface area contributed by atoms with Gasteiger partial charge in [-0.2, -0.15) is 0 Å². The highest BCUT2D eigenvalue weighted by Gasteiger charge is 2.18. The Morgan fingerprint density at radius 3 is 2.48 bits per heavy atom. The Balaban J connectivity index is 2.54. The number of hydrogen-bond donors (Lipinski definition) is 0. The molecule has 0 bridgehead atoms. The molecule has 0 radical (unpaired) electrons. The standard InChI is InChI=1S/C13H18ClNO5S/c1-10-8-11(2)13(12(9-10)15(16)17)20-6-4-3-5-7-21(14,18)19/h8-9H,3-7H2,1-2H3. The average molecular weight is 336 g/mol. The Bertz CT molecular complexity index is 615. The van der Waals surface area contributed by atoms with Crippen molar-refractivity contribution in [1.82, 2.24) is 0 Å². The van der Waals surface area contributed by atoms with E-state index in [1.54, 1.807) is 13.8 Å². The second-order valence-corrected chi connectivity index (χ2v) is 7.74. The van der Waals surface area contributed by atoms with Crippen molar-refractivity contribution in [3.8, 4) is 5.75 Å². The van der Waals surface area contributed by atoms with E-state index in [1.165, 1.54) is 6.07 Å². The third-order valence-electron chi connectivity index (χ3n) is 2.87. The molecular formula is C13H18ClNO5S. The molecule has 0 N–H and O–H groups in total. The number of nitro groups is 1. The lowest BCUT2D eigenvalue weighted by Gasteiger charge is -2.10. The first kappa shape index (κ1) is 17.7. The zero-order valence-corrected chi connectivity index (χ0v) is 13.5. The molecule has 1 rings (SSSR count). The van der Waals surface area contributed by atoms with Crippen LogP contribution in [-0.4, -0.2) is 25.7 Å². The van der Waals surface area contributed by atoms with Crippen LogP contribution >= 0.6 is 10.7 Å². The molecule has 0 unspecified atom stereocenters. The van der Waals surface area contributed by atoms with Crippen LogP contribution in [0.15, 0.2) is 12.1 Å². The van der Waals surface area contributed by atoms with Gasteiger partial charge in [0.05, 0.1) is 17.3 Å². The Morgan fingerprint density at radius 2 is 1.90 bits per heavy atom. The van der Waals surface area contributed by atoms with E-state index in [4.69, 9.17) is 15.4 Å². The second-order valence-electron chi connectivity index (χ2n) is 4.84. The minimum absolute atomic E-state index is 0.0455. The summed E-state index contributed by atoms with van der Waals surface area (Å²) in [4.78, 5) is 10.6. The summed E-state index contributed by atoms with van der Waals surface area (Å²) in [7, 11) is 1.65. The van der Waals surface area contributed by atoms with Crippen molar-refractivity contribution >= 4 is 25.4 Å². The van der Waals surface area contributed by atoms with Crippen LogP contribution in [0.25, 0.3) is 0 Å². The van der Waals surface area contributed by atoms with Crippen molar-refractivity contribution in [2.75, 3.05) is 12.4 Å². The minimum atomic E-state index is -3.45. The molecule has 6 nitrogen and oxygen atoms in total. The van der Waals surface area contributed by atoms with Gasteiger partial charge in [0.25, 0.3) is 0 Å². The molecule has 0 amide bonds. The van der Waals surface area contributed by atoms with E-state index in [0.29, 0.717) is 31.4 Å². The van der Waals surface area contributed by atoms with Crippen LogP contribution in [0.5, 0.6) is 5.75 Å². The summed E-state index contributed by atoms with van der Waals surface area (Å²) < 4.78 is 27.0. The zero-order valence-electron chi connectivity index (χ0n) is 12.0. The summed E-state index contributed by atoms with van der Waals surface area (Å²) in [6.45, 7) is 3.85. The van der Waals surface area contributed by atoms with Crippen LogP contribution in [0.4, 0.5) is 5.69 Å². The lowest BCUT2D eigenvalue weighted by molar-refractivity contribution is -0.386. The molecule has 0 aliphatic heterocycles. The van der Waals surface area contributed by atoms with Crippen molar-refractivity contribution in [3.63, 3.8) is 0 Å². The summed E-state index contributed by atoms with van der Waals surface area (Å²) in [6.07, 6.45) is 1.69. The first-order chi connectivity index (χ1) is 9.70. The van der Waals surface area contributed by atoms with Crippen molar-refractivity contribution < 1.29 is 18.1 Å². The Hall–Kier alpha value is -1.34. The minimum Gasteiger partial charge on any atom is -0.487 e. The van der Waals surface area contributed by atoms with Crippen LogP contribution in [0, 0.1) is 24.0 Å². The number of unbranched alkanes of at least 4 members (excludes halogenated alkanes) is 2. The van der Waals surface area contributed by atoms with Gasteiger partial charge in [0.2, 0.25) is 9.05 Å². The fraction of sp³-hybridized carbons (Fsp3) is 0.538. The Morgan fingerprint density at radius 1 is 1.24 bits per heavy atom. The van der Waals surface area contributed by atoms with E-state index in [9.17, 15) is 18.5 Å². The van der Waals surface area contributed by atoms with E-state index >= 15 is 0 Å². The molecule has 0 aliphatic carbocycles. The predicted octanol–water partition coefficient (Wildman–Crippen LogP) is 3.33. The molecule has 8 heteroatoms. The van der Waals surface area contributed by atoms with Gasteiger partial charge >= 0.3 is 5.69 Å². The van der Waals surface area contributed by atoms with E-state index in [1.807, 2.05) is 6.07 Å². The maximum Gasteiger partial charge on any atom is 0.311 e. The van der Waals surface area contributed by atoms with Crippen molar-refractivity contribution in [2.24, 2.45) is 0 Å². The topological polar surface area (TPSA) is 86.5 Å². The SMILES string of the molecule is Cc1cc(C)c(OCCCCCS(=O)(=O)Cl)c([N+](=O)[O-])c1. The van der Waals surface area contributed by atoms with Crippen LogP contribution in [0.1, 0.15) is 30.4 Å². The van der Waals surface area contributed by atoms with Gasteiger partial charge in [-0.3, -0.25) is 10.1 Å². The molecule has 0 fully saturated rings. The van der Waals surface area contributed by atoms with E-state index < -0.39 is 14.0 Å². The Kier molecular flexibility index (Phi) is 6.42. The molecule has 0 aliphatic rings. The highest BCUT2D eigenvalue weighted by atomic mass is 35.7. The molecule has 0 saturated carbocycles. The molecule has 21 heavy (non-hydrogen) atoms. The molecule has 0 atom stereocenters. The molecule has 118 valence electrons. The fourth-order valence-corrected chi connectivity index (χ4v) is 2.86. The molecule has 0 spiro atoms. The summed E-state index contributed by atoms with van der Waals surface area (Å²) >= 11 is 0. The number of nitro benzene ring substituents is 1. The fourth-order valence-electron chi connectivity index (χ4n) is 1.98. The van der Waals surface area contributed by atoms with Crippen LogP contribution < -0.4 is 4.74 Å². The van der Waals surface area contributed by atoms with Crippen molar-refractivity contribution in [2.45, 2.75) is 33.1 Å². The first-order valence-corrected chi connectivity index (χ1v) is 8.99. The third kappa shape index (κ3) is 6.31. The number of nitrogens with zero attached hydrogens (tertiary/aromatic N) is 1. The van der Waals surface area contributed by atoms with E-state index in [2.05, 4.69) is 0 Å². The number of ether oxygens (including phenoxy) is 1. The summed E-state index contributed by atoms with van der Waals surface area (Å²) in [6, 6.07) is 3.30. The predicted molar refractivity (Wildman–Crippen MR) is 81.6 cm³/mol. The quantitative estimate of drug-likeness (QED) is 0.315. The largest absolute Gasteiger partial charge is 0.487 e. The molecule has 0 saturated heterocycles. The smallest absolute Gasteiger partial charge is 0.311 e. The normalized spacial score (nSPS) is 11.4. The Labute approximate surface area is 128 Å². The highest BCUT2D eigenvalue weighted by Crippen LogP contribution is 2.32. The molecular weight excluding hydrogens is 318 g/mol. The van der Waals surface area contributed by atoms with Gasteiger partial charge < -0.3 is 4.74 Å². The summed E-state index contributed by atoms with van der Waals surface area (Å²) in [5, 5.41) is 11.0. The molecule has 0 aromatic heterocycles. The van der Waals surface area contributed by atoms with Gasteiger partial charge in [0, 0.05) is 16.7 Å². The second kappa shape index (κ2) is 7.61. The molecule has 0 heterocycles. The van der Waals surface area contributed by atoms with Gasteiger partial charge in [-0.1, -0.05) is 6.07 Å². The monoisotopic (exact) mass is 335 g/mol. The molecule has 1 aromatic rings. The number of rotatable bonds is 8. The lowest BCUT2D eigenvalue weighted by atomic mass is 10.1. The highest BCUT2D eigenvalue weighted by molar-refractivity contribution is 8.13. The van der Waals surface area contributed by atoms with Gasteiger partial charge in [-0.25, -0.2) is 8.42 Å². The maximum absolute atomic E-state index is 11.0. The van der Waals surface area contributed by atoms with Crippen molar-refractivity contribution in [3.05, 3.63) is 33.4 Å². The first-order valence-electron chi connectivity index (χ1n) is 6.51. The van der Waals surface area contributed by atoms with Crippen LogP contribution in [0.2, 0.25) is 0 Å². The van der Waals surface area contributed by atoms with Crippen LogP contribution in [-0.2, 0) is 9.05 Å².